The molecule has 2 saturated carbocycles. The zero-order chi connectivity index (χ0) is 27.7. The highest BCUT2D eigenvalue weighted by Crippen LogP contribution is 2.63. The highest BCUT2D eigenvalue weighted by Gasteiger charge is 2.71. The molecule has 2 bridgehead atoms. The van der Waals surface area contributed by atoms with Crippen molar-refractivity contribution in [1.82, 2.24) is 0 Å². The van der Waals surface area contributed by atoms with E-state index in [-0.39, 0.29) is 29.8 Å². The second-order valence-corrected chi connectivity index (χ2v) is 12.4. The molecule has 4 heteroatoms. The van der Waals surface area contributed by atoms with Crippen LogP contribution >= 0.6 is 0 Å². The van der Waals surface area contributed by atoms with Crippen LogP contribution in [0.2, 0.25) is 0 Å². The van der Waals surface area contributed by atoms with E-state index in [2.05, 4.69) is 26.0 Å². The Morgan fingerprint density at radius 3 is 1.92 bits per heavy atom. The SMILES string of the molecule is CC(C)=CCC1C2C(=O)C(CC=C(C)C)(C(=O)C(C(=O)c3ccccc3)C2O)C(CC=C(C)C)C1(C)C. The summed E-state index contributed by atoms with van der Waals surface area (Å²) in [5.41, 5.74) is 1.91. The summed E-state index contributed by atoms with van der Waals surface area (Å²) in [7, 11) is 0. The summed E-state index contributed by atoms with van der Waals surface area (Å²) in [6, 6.07) is 8.70. The number of aliphatic hydroxyl groups is 1. The van der Waals surface area contributed by atoms with Crippen LogP contribution in [0.1, 0.15) is 85.0 Å². The lowest BCUT2D eigenvalue weighted by Crippen LogP contribution is -2.70. The second-order valence-electron chi connectivity index (χ2n) is 12.4. The number of hydrogen-bond donors (Lipinski definition) is 1. The number of Topliss-reactive ketones (excluding diaryl/α,β-unsaturated/α-hetero) is 3. The zero-order valence-corrected chi connectivity index (χ0v) is 23.8. The third-order valence-electron chi connectivity index (χ3n) is 8.77. The van der Waals surface area contributed by atoms with Gasteiger partial charge in [0.2, 0.25) is 0 Å². The largest absolute Gasteiger partial charge is 0.391 e. The van der Waals surface area contributed by atoms with E-state index < -0.39 is 34.6 Å². The Morgan fingerprint density at radius 1 is 0.838 bits per heavy atom. The van der Waals surface area contributed by atoms with Crippen LogP contribution in [0, 0.1) is 34.5 Å². The first kappa shape index (κ1) is 29.0. The van der Waals surface area contributed by atoms with Gasteiger partial charge in [-0.3, -0.25) is 14.4 Å². The molecule has 200 valence electrons. The van der Waals surface area contributed by atoms with Crippen LogP contribution in [0.3, 0.4) is 0 Å². The van der Waals surface area contributed by atoms with Gasteiger partial charge < -0.3 is 5.11 Å². The van der Waals surface area contributed by atoms with Crippen LogP contribution in [-0.4, -0.2) is 28.6 Å². The van der Waals surface area contributed by atoms with Crippen molar-refractivity contribution in [2.24, 2.45) is 34.5 Å². The summed E-state index contributed by atoms with van der Waals surface area (Å²) < 4.78 is 0. The predicted octanol–water partition coefficient (Wildman–Crippen LogP) is 6.94. The Labute approximate surface area is 222 Å². The van der Waals surface area contributed by atoms with Gasteiger partial charge in [0.1, 0.15) is 5.92 Å². The molecule has 0 saturated heterocycles. The fourth-order valence-corrected chi connectivity index (χ4v) is 6.77. The normalized spacial score (nSPS) is 30.4. The van der Waals surface area contributed by atoms with Gasteiger partial charge >= 0.3 is 0 Å². The summed E-state index contributed by atoms with van der Waals surface area (Å²) in [6.07, 6.45) is 6.32. The van der Waals surface area contributed by atoms with E-state index in [1.165, 1.54) is 0 Å². The predicted molar refractivity (Wildman–Crippen MR) is 149 cm³/mol. The van der Waals surface area contributed by atoms with Crippen LogP contribution in [0.15, 0.2) is 65.3 Å². The van der Waals surface area contributed by atoms with Crippen LogP contribution in [0.25, 0.3) is 0 Å². The molecule has 6 atom stereocenters. The van der Waals surface area contributed by atoms with Gasteiger partial charge in [-0.25, -0.2) is 0 Å². The zero-order valence-electron chi connectivity index (χ0n) is 23.8. The highest BCUT2D eigenvalue weighted by molar-refractivity contribution is 6.22. The number of carbonyl (C=O) groups is 3. The molecular formula is C33H44O4. The summed E-state index contributed by atoms with van der Waals surface area (Å²) in [5, 5.41) is 11.7. The van der Waals surface area contributed by atoms with Crippen LogP contribution in [0.5, 0.6) is 0 Å². The number of rotatable bonds is 8. The Morgan fingerprint density at radius 2 is 1.38 bits per heavy atom. The highest BCUT2D eigenvalue weighted by atomic mass is 16.3. The molecule has 1 N–H and O–H groups in total. The molecule has 37 heavy (non-hydrogen) atoms. The van der Waals surface area contributed by atoms with Gasteiger partial charge in [-0.15, -0.1) is 0 Å². The first-order valence-corrected chi connectivity index (χ1v) is 13.5. The second kappa shape index (κ2) is 11.0. The minimum Gasteiger partial charge on any atom is -0.391 e. The van der Waals surface area contributed by atoms with Crippen LogP contribution in [0.4, 0.5) is 0 Å². The molecule has 2 aliphatic rings. The van der Waals surface area contributed by atoms with Crippen molar-refractivity contribution in [2.75, 3.05) is 0 Å². The number of ketones is 3. The minimum absolute atomic E-state index is 0.182. The Balaban J connectivity index is 2.31. The maximum atomic E-state index is 14.6. The number of fused-ring (bicyclic) bond motifs is 2. The topological polar surface area (TPSA) is 71.4 Å². The quantitative estimate of drug-likeness (QED) is 0.236. The van der Waals surface area contributed by atoms with Gasteiger partial charge in [0.25, 0.3) is 0 Å². The molecule has 0 heterocycles. The maximum Gasteiger partial charge on any atom is 0.176 e. The lowest BCUT2D eigenvalue weighted by atomic mass is 9.40. The lowest BCUT2D eigenvalue weighted by molar-refractivity contribution is -0.187. The molecule has 0 aliphatic heterocycles. The summed E-state index contributed by atoms with van der Waals surface area (Å²) in [6.45, 7) is 16.3. The van der Waals surface area contributed by atoms with Crippen LogP contribution in [-0.2, 0) is 9.59 Å². The molecule has 6 unspecified atom stereocenters. The Hall–Kier alpha value is -2.59. The standard InChI is InChI=1S/C33H44O4/c1-20(2)14-16-24-26-29(35)27(28(34)23-12-10-9-11-13-23)31(37)33(30(26)36,19-18-22(5)6)25(32(24,7)8)17-15-21(3)4/h9-15,18,24-27,29,35H,16-17,19H2,1-8H3. The first-order chi connectivity index (χ1) is 17.3. The van der Waals surface area contributed by atoms with E-state index in [0.29, 0.717) is 18.4 Å². The third-order valence-corrected chi connectivity index (χ3v) is 8.77. The fourth-order valence-electron chi connectivity index (χ4n) is 6.77. The number of allylic oxidation sites excluding steroid dienone is 6. The van der Waals surface area contributed by atoms with Crippen LogP contribution < -0.4 is 0 Å². The van der Waals surface area contributed by atoms with Crippen molar-refractivity contribution in [3.63, 3.8) is 0 Å². The lowest BCUT2D eigenvalue weighted by Gasteiger charge is -2.61. The van der Waals surface area contributed by atoms with Gasteiger partial charge in [-0.05, 0) is 78.1 Å². The van der Waals surface area contributed by atoms with Gasteiger partial charge in [-0.2, -0.15) is 0 Å². The van der Waals surface area contributed by atoms with Gasteiger partial charge in [0.15, 0.2) is 17.3 Å². The summed E-state index contributed by atoms with van der Waals surface area (Å²) in [5.74, 6) is -3.51. The molecule has 0 radical (unpaired) electrons. The molecule has 3 rings (SSSR count). The number of benzene rings is 1. The van der Waals surface area contributed by atoms with Crippen molar-refractivity contribution in [3.05, 3.63) is 70.8 Å². The van der Waals surface area contributed by atoms with E-state index in [1.54, 1.807) is 24.3 Å². The molecule has 1 aromatic carbocycles. The minimum atomic E-state index is -1.35. The van der Waals surface area contributed by atoms with Crippen molar-refractivity contribution in [3.8, 4) is 0 Å². The smallest absolute Gasteiger partial charge is 0.176 e. The average Bonchev–Trinajstić information content (AvgIpc) is 2.81. The van der Waals surface area contributed by atoms with Crippen molar-refractivity contribution in [1.29, 1.82) is 0 Å². The van der Waals surface area contributed by atoms with Gasteiger partial charge in [0.05, 0.1) is 11.5 Å². The molecule has 0 spiro atoms. The van der Waals surface area contributed by atoms with E-state index in [0.717, 1.165) is 16.7 Å². The maximum absolute atomic E-state index is 14.6. The van der Waals surface area contributed by atoms with E-state index in [4.69, 9.17) is 0 Å². The number of carbonyl (C=O) groups excluding carboxylic acids is 3. The number of aliphatic hydroxyl groups excluding tert-OH is 1. The Bertz CT molecular complexity index is 1120. The average molecular weight is 505 g/mol. The molecule has 0 amide bonds. The third kappa shape index (κ3) is 5.23. The molecule has 2 fully saturated rings. The van der Waals surface area contributed by atoms with E-state index in [1.807, 2.05) is 53.7 Å². The first-order valence-electron chi connectivity index (χ1n) is 13.5. The van der Waals surface area contributed by atoms with Crippen molar-refractivity contribution >= 4 is 17.3 Å². The Kier molecular flexibility index (Phi) is 8.64. The van der Waals surface area contributed by atoms with Crippen molar-refractivity contribution in [2.45, 2.75) is 80.8 Å². The molecule has 4 nitrogen and oxygen atoms in total. The summed E-state index contributed by atoms with van der Waals surface area (Å²) >= 11 is 0. The molecule has 2 aliphatic carbocycles. The van der Waals surface area contributed by atoms with Gasteiger partial charge in [0, 0.05) is 11.5 Å². The summed E-state index contributed by atoms with van der Waals surface area (Å²) in [4.78, 5) is 42.9. The fraction of sp³-hybridized carbons (Fsp3) is 0.545. The van der Waals surface area contributed by atoms with Gasteiger partial charge in [-0.1, -0.05) is 79.1 Å². The monoisotopic (exact) mass is 504 g/mol. The number of hydrogen-bond acceptors (Lipinski definition) is 4. The molecule has 0 aromatic heterocycles. The van der Waals surface area contributed by atoms with E-state index in [9.17, 15) is 19.5 Å². The molecular weight excluding hydrogens is 460 g/mol. The molecule has 1 aromatic rings. The van der Waals surface area contributed by atoms with Crippen molar-refractivity contribution < 1.29 is 19.5 Å². The van der Waals surface area contributed by atoms with E-state index >= 15 is 0 Å².